The van der Waals surface area contributed by atoms with Crippen molar-refractivity contribution in [1.29, 1.82) is 5.26 Å². The van der Waals surface area contributed by atoms with Gasteiger partial charge in [0.05, 0.1) is 39.4 Å². The monoisotopic (exact) mass is 493 g/mol. The predicted octanol–water partition coefficient (Wildman–Crippen LogP) is 3.40. The second-order valence-electron chi connectivity index (χ2n) is 7.80. The molecule has 1 aliphatic carbocycles. The van der Waals surface area contributed by atoms with E-state index >= 15 is 0 Å². The van der Waals surface area contributed by atoms with E-state index in [2.05, 4.69) is 25.3 Å². The Morgan fingerprint density at radius 3 is 2.71 bits per heavy atom. The molecule has 0 unspecified atom stereocenters. The van der Waals surface area contributed by atoms with Crippen LogP contribution in [0.2, 0.25) is 10.0 Å². The van der Waals surface area contributed by atoms with E-state index in [1.165, 1.54) is 4.57 Å². The summed E-state index contributed by atoms with van der Waals surface area (Å²) in [7, 11) is 0. The van der Waals surface area contributed by atoms with Crippen LogP contribution in [0.3, 0.4) is 0 Å². The van der Waals surface area contributed by atoms with Crippen LogP contribution >= 0.6 is 23.2 Å². The van der Waals surface area contributed by atoms with Gasteiger partial charge in [-0.05, 0) is 42.5 Å². The number of hydrogen-bond donors (Lipinski definition) is 3. The van der Waals surface area contributed by atoms with Gasteiger partial charge in [-0.1, -0.05) is 23.2 Å². The van der Waals surface area contributed by atoms with Gasteiger partial charge in [-0.3, -0.25) is 14.3 Å². The average molecular weight is 494 g/mol. The van der Waals surface area contributed by atoms with Crippen LogP contribution in [0.15, 0.2) is 35.4 Å². The van der Waals surface area contributed by atoms with Gasteiger partial charge in [0.25, 0.3) is 5.56 Å². The lowest BCUT2D eigenvalue weighted by Gasteiger charge is -2.17. The number of nitrogens with zero attached hydrogens (tertiary/aromatic N) is 6. The summed E-state index contributed by atoms with van der Waals surface area (Å²) < 4.78 is 1.40. The Bertz CT molecular complexity index is 1540. The number of pyridine rings is 1. The molecular formula is C22H17Cl2N9O. The first-order chi connectivity index (χ1) is 16.4. The van der Waals surface area contributed by atoms with Gasteiger partial charge in [0.1, 0.15) is 23.3 Å². The molecule has 34 heavy (non-hydrogen) atoms. The number of nitrogens with one attached hydrogen (secondary N) is 1. The fraction of sp³-hybridized carbons (Fsp3) is 0.182. The maximum absolute atomic E-state index is 13.8. The number of rotatable bonds is 5. The van der Waals surface area contributed by atoms with Crippen LogP contribution in [0.1, 0.15) is 35.7 Å². The number of benzene rings is 1. The Morgan fingerprint density at radius 1 is 1.24 bits per heavy atom. The van der Waals surface area contributed by atoms with E-state index in [-0.39, 0.29) is 40.6 Å². The molecule has 10 nitrogen and oxygen atoms in total. The molecule has 12 heteroatoms. The normalized spacial score (nSPS) is 13.1. The molecule has 4 aromatic rings. The van der Waals surface area contributed by atoms with Crippen LogP contribution in [0, 0.1) is 11.3 Å². The fourth-order valence-electron chi connectivity index (χ4n) is 3.81. The summed E-state index contributed by atoms with van der Waals surface area (Å²) in [5, 5.41) is 13.4. The quantitative estimate of drug-likeness (QED) is 0.378. The van der Waals surface area contributed by atoms with E-state index in [0.29, 0.717) is 33.0 Å². The lowest BCUT2D eigenvalue weighted by Crippen LogP contribution is -2.26. The number of nitriles is 1. The largest absolute Gasteiger partial charge is 0.382 e. The van der Waals surface area contributed by atoms with Gasteiger partial charge in [-0.15, -0.1) is 0 Å². The van der Waals surface area contributed by atoms with Crippen LogP contribution < -0.4 is 22.3 Å². The van der Waals surface area contributed by atoms with Gasteiger partial charge in [0, 0.05) is 6.20 Å². The molecule has 0 spiro atoms. The lowest BCUT2D eigenvalue weighted by molar-refractivity contribution is 0.832. The Kier molecular flexibility index (Phi) is 5.43. The standard InChI is InChI=1S/C22H17Cl2N9O/c23-14-6-12(10-3-4-10)17(24)16-18(14)30-15(33(21(16)34)11-2-1-5-28-8-11)9-29-20-13(7-25)19(26)31-22(27)32-20/h1-2,5-6,8,10H,3-4,9H2,(H5,26,27,29,31,32). The molecule has 0 amide bonds. The molecule has 0 atom stereocenters. The van der Waals surface area contributed by atoms with E-state index in [1.54, 1.807) is 30.6 Å². The second-order valence-corrected chi connectivity index (χ2v) is 8.58. The molecule has 3 aromatic heterocycles. The van der Waals surface area contributed by atoms with E-state index < -0.39 is 0 Å². The van der Waals surface area contributed by atoms with E-state index in [0.717, 1.165) is 18.4 Å². The van der Waals surface area contributed by atoms with Gasteiger partial charge >= 0.3 is 0 Å². The Morgan fingerprint density at radius 2 is 2.03 bits per heavy atom. The van der Waals surface area contributed by atoms with Crippen molar-refractivity contribution in [3.05, 3.63) is 67.9 Å². The Labute approximate surface area is 203 Å². The Hall–Kier alpha value is -3.94. The van der Waals surface area contributed by atoms with E-state index in [9.17, 15) is 10.1 Å². The van der Waals surface area contributed by atoms with Crippen molar-refractivity contribution in [2.45, 2.75) is 25.3 Å². The predicted molar refractivity (Wildman–Crippen MR) is 130 cm³/mol. The third-order valence-electron chi connectivity index (χ3n) is 5.54. The van der Waals surface area contributed by atoms with Crippen LogP contribution in [0.5, 0.6) is 0 Å². The zero-order valence-corrected chi connectivity index (χ0v) is 19.1. The van der Waals surface area contributed by atoms with Crippen molar-refractivity contribution in [2.24, 2.45) is 0 Å². The molecule has 3 heterocycles. The number of halogens is 2. The summed E-state index contributed by atoms with van der Waals surface area (Å²) >= 11 is 13.2. The molecule has 5 N–H and O–H groups in total. The van der Waals surface area contributed by atoms with Crippen molar-refractivity contribution in [3.63, 3.8) is 0 Å². The van der Waals surface area contributed by atoms with Crippen molar-refractivity contribution in [1.82, 2.24) is 24.5 Å². The summed E-state index contributed by atoms with van der Waals surface area (Å²) in [4.78, 5) is 30.4. The molecule has 1 saturated carbocycles. The lowest BCUT2D eigenvalue weighted by atomic mass is 10.1. The first-order valence-corrected chi connectivity index (χ1v) is 11.1. The molecule has 1 aliphatic rings. The van der Waals surface area contributed by atoms with Crippen LogP contribution in [0.4, 0.5) is 17.6 Å². The molecule has 1 aromatic carbocycles. The van der Waals surface area contributed by atoms with Crippen molar-refractivity contribution in [2.75, 3.05) is 16.8 Å². The SMILES string of the molecule is N#Cc1c(N)nc(N)nc1NCc1nc2c(Cl)cc(C3CC3)c(Cl)c2c(=O)n1-c1cccnc1. The zero-order chi connectivity index (χ0) is 24.0. The summed E-state index contributed by atoms with van der Waals surface area (Å²) in [6.45, 7) is -0.0109. The van der Waals surface area contributed by atoms with E-state index in [4.69, 9.17) is 34.7 Å². The highest BCUT2D eigenvalue weighted by molar-refractivity contribution is 6.40. The molecule has 0 saturated heterocycles. The highest BCUT2D eigenvalue weighted by atomic mass is 35.5. The highest BCUT2D eigenvalue weighted by Gasteiger charge is 2.29. The van der Waals surface area contributed by atoms with Crippen molar-refractivity contribution < 1.29 is 0 Å². The van der Waals surface area contributed by atoms with Gasteiger partial charge in [-0.2, -0.15) is 15.2 Å². The van der Waals surface area contributed by atoms with Gasteiger partial charge in [0.15, 0.2) is 5.82 Å². The number of aromatic nitrogens is 5. The zero-order valence-electron chi connectivity index (χ0n) is 17.6. The Balaban J connectivity index is 1.70. The number of nitrogens with two attached hydrogens (primary N) is 2. The van der Waals surface area contributed by atoms with Crippen LogP contribution in [0.25, 0.3) is 16.6 Å². The molecule has 1 fully saturated rings. The van der Waals surface area contributed by atoms with Crippen molar-refractivity contribution in [3.8, 4) is 11.8 Å². The minimum atomic E-state index is -0.383. The average Bonchev–Trinajstić information content (AvgIpc) is 3.65. The third kappa shape index (κ3) is 3.75. The number of anilines is 3. The van der Waals surface area contributed by atoms with Crippen LogP contribution in [-0.4, -0.2) is 24.5 Å². The number of fused-ring (bicyclic) bond motifs is 1. The summed E-state index contributed by atoms with van der Waals surface area (Å²) in [5.41, 5.74) is 12.8. The number of nitrogen functional groups attached to an aromatic ring is 2. The highest BCUT2D eigenvalue weighted by Crippen LogP contribution is 2.46. The number of hydrogen-bond acceptors (Lipinski definition) is 9. The molecule has 5 rings (SSSR count). The first kappa shape index (κ1) is 21.9. The third-order valence-corrected chi connectivity index (χ3v) is 6.23. The minimum Gasteiger partial charge on any atom is -0.382 e. The summed E-state index contributed by atoms with van der Waals surface area (Å²) in [5.74, 6) is 0.545. The van der Waals surface area contributed by atoms with Crippen LogP contribution in [-0.2, 0) is 6.54 Å². The molecule has 0 bridgehead atoms. The molecule has 170 valence electrons. The minimum absolute atomic E-state index is 0.0109. The molecular weight excluding hydrogens is 477 g/mol. The van der Waals surface area contributed by atoms with Gasteiger partial charge in [-0.25, -0.2) is 4.98 Å². The van der Waals surface area contributed by atoms with Crippen molar-refractivity contribution >= 4 is 51.7 Å². The summed E-state index contributed by atoms with van der Waals surface area (Å²) in [6, 6.07) is 7.16. The topological polar surface area (TPSA) is 161 Å². The maximum Gasteiger partial charge on any atom is 0.267 e. The second kappa shape index (κ2) is 8.44. The van der Waals surface area contributed by atoms with Gasteiger partial charge in [0.2, 0.25) is 5.95 Å². The molecule has 0 aliphatic heterocycles. The van der Waals surface area contributed by atoms with E-state index in [1.807, 2.05) is 6.07 Å². The van der Waals surface area contributed by atoms with Gasteiger partial charge < -0.3 is 16.8 Å². The maximum atomic E-state index is 13.8. The summed E-state index contributed by atoms with van der Waals surface area (Å²) in [6.07, 6.45) is 5.14. The smallest absolute Gasteiger partial charge is 0.267 e. The molecule has 0 radical (unpaired) electrons. The first-order valence-electron chi connectivity index (χ1n) is 10.3. The fourth-order valence-corrected chi connectivity index (χ4v) is 4.44.